The molecule has 12 heteroatoms. The Morgan fingerprint density at radius 3 is 2.65 bits per heavy atom. The standard InChI is InChI=1S/C22H18FIN2O7S/c1-31-16-7-12(6-15(24)20(16)33-11-19(28)32-2)8-17-21(29)26(22(30)34-17)10-18(27)25-14-5-3-4-13(23)9-14/h3-9H,10-11H2,1-2H3,(H,25,27)/b17-8+. The quantitative estimate of drug-likeness (QED) is 0.278. The van der Waals surface area contributed by atoms with Gasteiger partial charge in [0.1, 0.15) is 12.4 Å². The Bertz CT molecular complexity index is 1190. The zero-order valence-electron chi connectivity index (χ0n) is 17.9. The Balaban J connectivity index is 1.74. The highest BCUT2D eigenvalue weighted by Gasteiger charge is 2.36. The molecule has 1 aliphatic rings. The zero-order chi connectivity index (χ0) is 24.8. The van der Waals surface area contributed by atoms with Crippen molar-refractivity contribution in [2.75, 3.05) is 32.7 Å². The highest BCUT2D eigenvalue weighted by atomic mass is 127. The number of carbonyl (C=O) groups is 4. The Labute approximate surface area is 211 Å². The first-order chi connectivity index (χ1) is 16.2. The maximum Gasteiger partial charge on any atom is 0.343 e. The molecular weight excluding hydrogens is 582 g/mol. The van der Waals surface area contributed by atoms with Gasteiger partial charge in [0.05, 0.1) is 22.7 Å². The number of nitrogens with one attached hydrogen (secondary N) is 1. The number of hydrogen-bond acceptors (Lipinski definition) is 8. The summed E-state index contributed by atoms with van der Waals surface area (Å²) in [4.78, 5) is 49.6. The van der Waals surface area contributed by atoms with E-state index in [2.05, 4.69) is 10.1 Å². The van der Waals surface area contributed by atoms with Crippen molar-refractivity contribution in [3.8, 4) is 11.5 Å². The second kappa shape index (κ2) is 11.3. The van der Waals surface area contributed by atoms with Crippen LogP contribution in [0.2, 0.25) is 0 Å². The lowest BCUT2D eigenvalue weighted by Gasteiger charge is -2.13. The predicted molar refractivity (Wildman–Crippen MR) is 131 cm³/mol. The SMILES string of the molecule is COC(=O)COc1c(I)cc(/C=C2/SC(=O)N(CC(=O)Nc3cccc(F)c3)C2=O)cc1OC. The number of halogens is 2. The monoisotopic (exact) mass is 600 g/mol. The molecule has 1 aliphatic heterocycles. The fourth-order valence-corrected chi connectivity index (χ4v) is 4.47. The molecule has 9 nitrogen and oxygen atoms in total. The molecule has 0 atom stereocenters. The minimum atomic E-state index is -0.641. The van der Waals surface area contributed by atoms with Gasteiger partial charge in [0.15, 0.2) is 18.1 Å². The smallest absolute Gasteiger partial charge is 0.343 e. The maximum atomic E-state index is 13.3. The van der Waals surface area contributed by atoms with Gasteiger partial charge in [-0.25, -0.2) is 9.18 Å². The lowest BCUT2D eigenvalue weighted by atomic mass is 10.2. The summed E-state index contributed by atoms with van der Waals surface area (Å²) in [6.45, 7) is -0.821. The van der Waals surface area contributed by atoms with E-state index in [1.165, 1.54) is 38.5 Å². The third-order valence-electron chi connectivity index (χ3n) is 4.40. The molecule has 0 radical (unpaired) electrons. The van der Waals surface area contributed by atoms with Gasteiger partial charge < -0.3 is 19.5 Å². The topological polar surface area (TPSA) is 111 Å². The van der Waals surface area contributed by atoms with Crippen LogP contribution in [0.15, 0.2) is 41.3 Å². The van der Waals surface area contributed by atoms with Crippen LogP contribution in [0.1, 0.15) is 5.56 Å². The first kappa shape index (κ1) is 25.5. The summed E-state index contributed by atoms with van der Waals surface area (Å²) >= 11 is 2.68. The molecule has 0 aromatic heterocycles. The molecule has 1 saturated heterocycles. The van der Waals surface area contributed by atoms with Gasteiger partial charge >= 0.3 is 5.97 Å². The fraction of sp³-hybridized carbons (Fsp3) is 0.182. The number of anilines is 1. The van der Waals surface area contributed by atoms with Crippen LogP contribution in [0.4, 0.5) is 14.9 Å². The van der Waals surface area contributed by atoms with Crippen LogP contribution in [0.5, 0.6) is 11.5 Å². The van der Waals surface area contributed by atoms with E-state index in [1.54, 1.807) is 12.1 Å². The van der Waals surface area contributed by atoms with Crippen molar-refractivity contribution in [1.29, 1.82) is 0 Å². The third kappa shape index (κ3) is 6.26. The van der Waals surface area contributed by atoms with E-state index >= 15 is 0 Å². The molecule has 0 aliphatic carbocycles. The minimum Gasteiger partial charge on any atom is -0.493 e. The molecule has 0 bridgehead atoms. The van der Waals surface area contributed by atoms with Crippen molar-refractivity contribution < 1.29 is 37.8 Å². The molecule has 178 valence electrons. The Kier molecular flexibility index (Phi) is 8.50. The third-order valence-corrected chi connectivity index (χ3v) is 6.10. The first-order valence-electron chi connectivity index (χ1n) is 9.59. The summed E-state index contributed by atoms with van der Waals surface area (Å²) in [6.07, 6.45) is 1.49. The number of amides is 3. The lowest BCUT2D eigenvalue weighted by molar-refractivity contribution is -0.143. The average Bonchev–Trinajstić information content (AvgIpc) is 3.04. The molecule has 1 heterocycles. The van der Waals surface area contributed by atoms with Crippen LogP contribution >= 0.6 is 34.4 Å². The fourth-order valence-electron chi connectivity index (χ4n) is 2.85. The van der Waals surface area contributed by atoms with Crippen molar-refractivity contribution in [2.24, 2.45) is 0 Å². The van der Waals surface area contributed by atoms with E-state index < -0.39 is 35.4 Å². The molecular formula is C22H18FIN2O7S. The molecule has 0 unspecified atom stereocenters. The summed E-state index contributed by atoms with van der Waals surface area (Å²) in [5.41, 5.74) is 0.755. The number of nitrogens with zero attached hydrogens (tertiary/aromatic N) is 1. The van der Waals surface area contributed by atoms with E-state index in [0.717, 1.165) is 11.0 Å². The number of hydrogen-bond donors (Lipinski definition) is 1. The number of benzene rings is 2. The normalized spacial score (nSPS) is 14.4. The van der Waals surface area contributed by atoms with Crippen LogP contribution in [-0.2, 0) is 19.1 Å². The zero-order valence-corrected chi connectivity index (χ0v) is 20.9. The van der Waals surface area contributed by atoms with Gasteiger partial charge in [0.2, 0.25) is 5.91 Å². The van der Waals surface area contributed by atoms with Crippen molar-refractivity contribution in [2.45, 2.75) is 0 Å². The summed E-state index contributed by atoms with van der Waals surface area (Å²) in [7, 11) is 2.67. The van der Waals surface area contributed by atoms with Crippen molar-refractivity contribution in [3.05, 3.63) is 56.3 Å². The van der Waals surface area contributed by atoms with Crippen molar-refractivity contribution >= 4 is 69.1 Å². The number of ether oxygens (including phenoxy) is 3. The molecule has 1 N–H and O–H groups in total. The van der Waals surface area contributed by atoms with E-state index in [4.69, 9.17) is 9.47 Å². The first-order valence-corrected chi connectivity index (χ1v) is 11.5. The molecule has 3 rings (SSSR count). The lowest BCUT2D eigenvalue weighted by Crippen LogP contribution is -2.36. The molecule has 2 aromatic carbocycles. The number of carbonyl (C=O) groups excluding carboxylic acids is 4. The van der Waals surface area contributed by atoms with Gasteiger partial charge in [-0.05, 0) is 76.3 Å². The van der Waals surface area contributed by atoms with Crippen LogP contribution in [0.25, 0.3) is 6.08 Å². The highest BCUT2D eigenvalue weighted by molar-refractivity contribution is 14.1. The van der Waals surface area contributed by atoms with Crippen molar-refractivity contribution in [3.63, 3.8) is 0 Å². The van der Waals surface area contributed by atoms with E-state index in [-0.39, 0.29) is 17.2 Å². The second-order valence-corrected chi connectivity index (χ2v) is 8.88. The van der Waals surface area contributed by atoms with Gasteiger partial charge in [0, 0.05) is 5.69 Å². The molecule has 0 saturated carbocycles. The summed E-state index contributed by atoms with van der Waals surface area (Å²) in [6, 6.07) is 8.53. The van der Waals surface area contributed by atoms with E-state index in [1.807, 2.05) is 22.6 Å². The number of esters is 1. The number of thioether (sulfide) groups is 1. The molecule has 3 amide bonds. The second-order valence-electron chi connectivity index (χ2n) is 6.73. The average molecular weight is 600 g/mol. The van der Waals surface area contributed by atoms with Gasteiger partial charge in [-0.1, -0.05) is 6.07 Å². The summed E-state index contributed by atoms with van der Waals surface area (Å²) in [5.74, 6) is -1.72. The summed E-state index contributed by atoms with van der Waals surface area (Å²) < 4.78 is 29.2. The van der Waals surface area contributed by atoms with Crippen molar-refractivity contribution in [1.82, 2.24) is 4.90 Å². The maximum absolute atomic E-state index is 13.3. The summed E-state index contributed by atoms with van der Waals surface area (Å²) in [5, 5.41) is 1.84. The number of imide groups is 1. The van der Waals surface area contributed by atoms with Gasteiger partial charge in [-0.15, -0.1) is 0 Å². The molecule has 2 aromatic rings. The number of methoxy groups -OCH3 is 2. The predicted octanol–water partition coefficient (Wildman–Crippen LogP) is 3.67. The molecule has 34 heavy (non-hydrogen) atoms. The van der Waals surface area contributed by atoms with Gasteiger partial charge in [-0.3, -0.25) is 19.3 Å². The largest absolute Gasteiger partial charge is 0.493 e. The molecule has 0 spiro atoms. The van der Waals surface area contributed by atoms with Crippen LogP contribution in [-0.4, -0.2) is 55.3 Å². The minimum absolute atomic E-state index is 0.115. The molecule has 1 fully saturated rings. The Morgan fingerprint density at radius 1 is 1.21 bits per heavy atom. The highest BCUT2D eigenvalue weighted by Crippen LogP contribution is 2.37. The van der Waals surface area contributed by atoms with Crippen LogP contribution < -0.4 is 14.8 Å². The Morgan fingerprint density at radius 2 is 1.97 bits per heavy atom. The van der Waals surface area contributed by atoms with Crippen LogP contribution in [0.3, 0.4) is 0 Å². The number of rotatable bonds is 8. The van der Waals surface area contributed by atoms with Crippen LogP contribution in [0, 0.1) is 9.39 Å². The van der Waals surface area contributed by atoms with Gasteiger partial charge in [-0.2, -0.15) is 0 Å². The van der Waals surface area contributed by atoms with Gasteiger partial charge in [0.25, 0.3) is 11.1 Å². The van der Waals surface area contributed by atoms with E-state index in [0.29, 0.717) is 32.4 Å². The Hall–Kier alpha value is -3.13. The van der Waals surface area contributed by atoms with E-state index in [9.17, 15) is 23.6 Å².